The molecule has 0 spiro atoms. The number of aromatic nitrogens is 2. The largest absolute Gasteiger partial charge is 0.386 e. The molecule has 2 N–H and O–H groups in total. The molecule has 0 saturated carbocycles. The van der Waals surface area contributed by atoms with Crippen LogP contribution in [0.25, 0.3) is 0 Å². The first-order valence-corrected chi connectivity index (χ1v) is 8.77. The van der Waals surface area contributed by atoms with Crippen molar-refractivity contribution in [2.24, 2.45) is 13.0 Å². The maximum absolute atomic E-state index is 13.9. The van der Waals surface area contributed by atoms with Crippen LogP contribution >= 0.6 is 11.6 Å². The van der Waals surface area contributed by atoms with Crippen LogP contribution in [0.15, 0.2) is 24.4 Å². The van der Waals surface area contributed by atoms with Crippen LogP contribution in [0.3, 0.4) is 0 Å². The Morgan fingerprint density at radius 2 is 2.35 bits per heavy atom. The first kappa shape index (κ1) is 18.8. The van der Waals surface area contributed by atoms with Gasteiger partial charge < -0.3 is 15.2 Å². The lowest BCUT2D eigenvalue weighted by molar-refractivity contribution is -0.127. The SMILES string of the molecule is Cc1c([C@H]2OCC[C@@H]2C(=O)NCC(O)c2c(F)cccc2Cl)cnn1C. The molecule has 1 unspecified atom stereocenters. The van der Waals surface area contributed by atoms with Gasteiger partial charge in [0, 0.05) is 42.0 Å². The van der Waals surface area contributed by atoms with Crippen LogP contribution < -0.4 is 5.32 Å². The number of rotatable bonds is 5. The average molecular weight is 382 g/mol. The van der Waals surface area contributed by atoms with Crippen molar-refractivity contribution < 1.29 is 19.0 Å². The molecule has 3 rings (SSSR count). The maximum atomic E-state index is 13.9. The van der Waals surface area contributed by atoms with E-state index in [4.69, 9.17) is 16.3 Å². The number of hydrogen-bond acceptors (Lipinski definition) is 4. The number of ether oxygens (including phenoxy) is 1. The Balaban J connectivity index is 1.67. The zero-order chi connectivity index (χ0) is 18.8. The molecule has 140 valence electrons. The maximum Gasteiger partial charge on any atom is 0.226 e. The Kier molecular flexibility index (Phi) is 5.60. The fourth-order valence-electron chi connectivity index (χ4n) is 3.22. The van der Waals surface area contributed by atoms with E-state index in [9.17, 15) is 14.3 Å². The number of benzene rings is 1. The van der Waals surface area contributed by atoms with Gasteiger partial charge in [0.05, 0.1) is 18.2 Å². The first-order valence-electron chi connectivity index (χ1n) is 8.40. The number of aliphatic hydroxyl groups is 1. The van der Waals surface area contributed by atoms with E-state index >= 15 is 0 Å². The van der Waals surface area contributed by atoms with Gasteiger partial charge in [0.25, 0.3) is 0 Å². The van der Waals surface area contributed by atoms with Crippen molar-refractivity contribution in [1.29, 1.82) is 0 Å². The van der Waals surface area contributed by atoms with Gasteiger partial charge >= 0.3 is 0 Å². The standard InChI is InChI=1S/C18H21ClFN3O3/c1-10-12(8-22-23(10)2)17-11(6-7-26-17)18(25)21-9-15(24)16-13(19)4-3-5-14(16)20/h3-5,8,11,15,17,24H,6-7,9H2,1-2H3,(H,21,25)/t11-,15?,17-/m0/s1. The van der Waals surface area contributed by atoms with Crippen LogP contribution in [0.2, 0.25) is 5.02 Å². The van der Waals surface area contributed by atoms with E-state index in [1.807, 2.05) is 14.0 Å². The van der Waals surface area contributed by atoms with Gasteiger partial charge in [0.15, 0.2) is 0 Å². The third-order valence-electron chi connectivity index (χ3n) is 4.81. The van der Waals surface area contributed by atoms with Crippen molar-refractivity contribution in [2.45, 2.75) is 25.6 Å². The number of carbonyl (C=O) groups is 1. The van der Waals surface area contributed by atoms with Gasteiger partial charge in [-0.2, -0.15) is 5.10 Å². The molecule has 1 aromatic heterocycles. The topological polar surface area (TPSA) is 76.4 Å². The highest BCUT2D eigenvalue weighted by Crippen LogP contribution is 2.36. The monoisotopic (exact) mass is 381 g/mol. The predicted octanol–water partition coefficient (Wildman–Crippen LogP) is 2.45. The summed E-state index contributed by atoms with van der Waals surface area (Å²) >= 11 is 5.95. The van der Waals surface area contributed by atoms with Gasteiger partial charge in [0.2, 0.25) is 5.91 Å². The number of hydrogen-bond donors (Lipinski definition) is 2. The highest BCUT2D eigenvalue weighted by Gasteiger charge is 2.37. The quantitative estimate of drug-likeness (QED) is 0.834. The summed E-state index contributed by atoms with van der Waals surface area (Å²) in [6.07, 6.45) is 0.674. The lowest BCUT2D eigenvalue weighted by atomic mass is 9.94. The number of aliphatic hydroxyl groups excluding tert-OH is 1. The van der Waals surface area contributed by atoms with E-state index < -0.39 is 11.9 Å². The lowest BCUT2D eigenvalue weighted by Gasteiger charge is -2.20. The van der Waals surface area contributed by atoms with Crippen LogP contribution in [-0.2, 0) is 16.6 Å². The summed E-state index contributed by atoms with van der Waals surface area (Å²) in [4.78, 5) is 12.6. The molecule has 1 amide bonds. The molecule has 1 aliphatic heterocycles. The number of carbonyl (C=O) groups excluding carboxylic acids is 1. The Hall–Kier alpha value is -1.96. The summed E-state index contributed by atoms with van der Waals surface area (Å²) in [6.45, 7) is 2.26. The molecular weight excluding hydrogens is 361 g/mol. The molecule has 1 aromatic carbocycles. The Morgan fingerprint density at radius 3 is 3.00 bits per heavy atom. The highest BCUT2D eigenvalue weighted by atomic mass is 35.5. The zero-order valence-electron chi connectivity index (χ0n) is 14.6. The number of amides is 1. The molecule has 2 heterocycles. The second-order valence-electron chi connectivity index (χ2n) is 6.39. The molecule has 3 atom stereocenters. The fraction of sp³-hybridized carbons (Fsp3) is 0.444. The van der Waals surface area contributed by atoms with Crippen LogP contribution in [0.5, 0.6) is 0 Å². The van der Waals surface area contributed by atoms with Gasteiger partial charge in [-0.25, -0.2) is 4.39 Å². The summed E-state index contributed by atoms with van der Waals surface area (Å²) in [6, 6.07) is 4.18. The van der Waals surface area contributed by atoms with E-state index in [-0.39, 0.29) is 35.1 Å². The van der Waals surface area contributed by atoms with E-state index in [1.54, 1.807) is 10.9 Å². The van der Waals surface area contributed by atoms with Crippen molar-refractivity contribution >= 4 is 17.5 Å². The van der Waals surface area contributed by atoms with Crippen LogP contribution in [0, 0.1) is 18.7 Å². The lowest BCUT2D eigenvalue weighted by Crippen LogP contribution is -2.35. The van der Waals surface area contributed by atoms with Crippen LogP contribution in [0.1, 0.15) is 35.4 Å². The predicted molar refractivity (Wildman–Crippen MR) is 94.1 cm³/mol. The molecule has 26 heavy (non-hydrogen) atoms. The molecular formula is C18H21ClFN3O3. The summed E-state index contributed by atoms with van der Waals surface area (Å²) in [7, 11) is 1.83. The fourth-order valence-corrected chi connectivity index (χ4v) is 3.51. The minimum absolute atomic E-state index is 0.0169. The third kappa shape index (κ3) is 3.60. The molecule has 1 aliphatic rings. The first-order chi connectivity index (χ1) is 12.4. The second-order valence-corrected chi connectivity index (χ2v) is 6.80. The minimum Gasteiger partial charge on any atom is -0.386 e. The number of halogens is 2. The van der Waals surface area contributed by atoms with Crippen LogP contribution in [-0.4, -0.2) is 33.9 Å². The van der Waals surface area contributed by atoms with Crippen molar-refractivity contribution in [1.82, 2.24) is 15.1 Å². The number of aryl methyl sites for hydroxylation is 1. The second kappa shape index (κ2) is 7.73. The normalized spacial score (nSPS) is 21.0. The van der Waals surface area contributed by atoms with Crippen molar-refractivity contribution in [3.8, 4) is 0 Å². The van der Waals surface area contributed by atoms with Gasteiger partial charge in [-0.15, -0.1) is 0 Å². The van der Waals surface area contributed by atoms with Crippen LogP contribution in [0.4, 0.5) is 4.39 Å². The third-order valence-corrected chi connectivity index (χ3v) is 5.14. The molecule has 1 saturated heterocycles. The van der Waals surface area contributed by atoms with E-state index in [0.717, 1.165) is 11.3 Å². The van der Waals surface area contributed by atoms with E-state index in [0.29, 0.717) is 13.0 Å². The number of nitrogens with zero attached hydrogens (tertiary/aromatic N) is 2. The Bertz CT molecular complexity index is 791. The highest BCUT2D eigenvalue weighted by molar-refractivity contribution is 6.31. The Labute approximate surface area is 155 Å². The minimum atomic E-state index is -1.23. The Morgan fingerprint density at radius 1 is 1.58 bits per heavy atom. The molecule has 0 radical (unpaired) electrons. The van der Waals surface area contributed by atoms with Gasteiger partial charge in [-0.3, -0.25) is 9.48 Å². The summed E-state index contributed by atoms with van der Waals surface area (Å²) in [5, 5.41) is 17.2. The smallest absolute Gasteiger partial charge is 0.226 e. The summed E-state index contributed by atoms with van der Waals surface area (Å²) in [5.41, 5.74) is 1.80. The number of nitrogens with one attached hydrogen (secondary N) is 1. The van der Waals surface area contributed by atoms with Gasteiger partial charge in [-0.05, 0) is 25.5 Å². The van der Waals surface area contributed by atoms with Gasteiger partial charge in [-0.1, -0.05) is 17.7 Å². The molecule has 6 nitrogen and oxygen atoms in total. The zero-order valence-corrected chi connectivity index (χ0v) is 15.3. The van der Waals surface area contributed by atoms with Crippen molar-refractivity contribution in [2.75, 3.05) is 13.2 Å². The molecule has 1 fully saturated rings. The molecule has 0 aliphatic carbocycles. The molecule has 2 aromatic rings. The molecule has 0 bridgehead atoms. The van der Waals surface area contributed by atoms with E-state index in [1.165, 1.54) is 18.2 Å². The molecule has 8 heteroatoms. The van der Waals surface area contributed by atoms with E-state index in [2.05, 4.69) is 10.4 Å². The summed E-state index contributed by atoms with van der Waals surface area (Å²) in [5.74, 6) is -1.24. The van der Waals surface area contributed by atoms with Gasteiger partial charge in [0.1, 0.15) is 11.9 Å². The van der Waals surface area contributed by atoms with Crippen molar-refractivity contribution in [3.05, 3.63) is 52.1 Å². The summed E-state index contributed by atoms with van der Waals surface area (Å²) < 4.78 is 21.3. The average Bonchev–Trinajstić information content (AvgIpc) is 3.20. The van der Waals surface area contributed by atoms with Crippen molar-refractivity contribution in [3.63, 3.8) is 0 Å².